The van der Waals surface area contributed by atoms with Crippen LogP contribution in [0.5, 0.6) is 5.75 Å². The van der Waals surface area contributed by atoms with E-state index >= 15 is 0 Å². The molecule has 0 aliphatic carbocycles. The van der Waals surface area contributed by atoms with Gasteiger partial charge in [-0.25, -0.2) is 0 Å². The zero-order valence-electron chi connectivity index (χ0n) is 12.3. The van der Waals surface area contributed by atoms with E-state index in [4.69, 9.17) is 10.5 Å². The molecule has 2 rings (SSSR count). The number of hydrogen-bond acceptors (Lipinski definition) is 3. The lowest BCUT2D eigenvalue weighted by Crippen LogP contribution is -2.45. The molecular weight excluding hydrogens is 280 g/mol. The van der Waals surface area contributed by atoms with Crippen LogP contribution in [0.15, 0.2) is 54.6 Å². The predicted molar refractivity (Wildman–Crippen MR) is 83.6 cm³/mol. The highest BCUT2D eigenvalue weighted by Gasteiger charge is 2.19. The standard InChI is InChI=1S/C17H18N2O3/c1-22-14-9-7-13(8-10-14)17(21)19-15(16(18)20)11-12-5-3-2-4-6-12/h2-10,15H,11H2,1H3,(H2,18,20)(H,19,21)/t15-/m0/s1. The molecule has 2 aromatic rings. The minimum absolute atomic E-state index is 0.345. The van der Waals surface area contributed by atoms with Crippen LogP contribution in [0.3, 0.4) is 0 Å². The second-order valence-electron chi connectivity index (χ2n) is 4.85. The lowest BCUT2D eigenvalue weighted by molar-refractivity contribution is -0.119. The van der Waals surface area contributed by atoms with Crippen LogP contribution in [-0.4, -0.2) is 25.0 Å². The van der Waals surface area contributed by atoms with Gasteiger partial charge in [-0.05, 0) is 29.8 Å². The molecule has 114 valence electrons. The molecule has 5 nitrogen and oxygen atoms in total. The lowest BCUT2D eigenvalue weighted by atomic mass is 10.0. The van der Waals surface area contributed by atoms with Crippen molar-refractivity contribution in [2.75, 3.05) is 7.11 Å². The number of benzene rings is 2. The Morgan fingerprint density at radius 2 is 1.73 bits per heavy atom. The maximum Gasteiger partial charge on any atom is 0.251 e. The summed E-state index contributed by atoms with van der Waals surface area (Å²) in [7, 11) is 1.55. The Bertz CT molecular complexity index is 639. The molecule has 3 N–H and O–H groups in total. The van der Waals surface area contributed by atoms with Crippen LogP contribution in [0.2, 0.25) is 0 Å². The average Bonchev–Trinajstić information content (AvgIpc) is 2.55. The normalized spacial score (nSPS) is 11.5. The van der Waals surface area contributed by atoms with Gasteiger partial charge in [0.15, 0.2) is 0 Å². The predicted octanol–water partition coefficient (Wildman–Crippen LogP) is 1.52. The van der Waals surface area contributed by atoms with Gasteiger partial charge in [0.2, 0.25) is 5.91 Å². The quantitative estimate of drug-likeness (QED) is 0.848. The van der Waals surface area contributed by atoms with Crippen LogP contribution in [0.1, 0.15) is 15.9 Å². The van der Waals surface area contributed by atoms with E-state index in [1.54, 1.807) is 31.4 Å². The van der Waals surface area contributed by atoms with Crippen LogP contribution < -0.4 is 15.8 Å². The number of carbonyl (C=O) groups excluding carboxylic acids is 2. The third-order valence-corrected chi connectivity index (χ3v) is 3.28. The number of amides is 2. The zero-order chi connectivity index (χ0) is 15.9. The first kappa shape index (κ1) is 15.6. The van der Waals surface area contributed by atoms with Crippen LogP contribution >= 0.6 is 0 Å². The highest BCUT2D eigenvalue weighted by atomic mass is 16.5. The van der Waals surface area contributed by atoms with E-state index < -0.39 is 11.9 Å². The summed E-state index contributed by atoms with van der Waals surface area (Å²) in [5.74, 6) is -0.250. The highest BCUT2D eigenvalue weighted by molar-refractivity contribution is 5.97. The molecule has 5 heteroatoms. The molecule has 2 aromatic carbocycles. The zero-order valence-corrected chi connectivity index (χ0v) is 12.3. The van der Waals surface area contributed by atoms with Gasteiger partial charge in [0.1, 0.15) is 11.8 Å². The number of nitrogens with one attached hydrogen (secondary N) is 1. The first-order chi connectivity index (χ1) is 10.6. The molecule has 0 heterocycles. The van der Waals surface area contributed by atoms with Crippen LogP contribution in [0.4, 0.5) is 0 Å². The van der Waals surface area contributed by atoms with E-state index in [9.17, 15) is 9.59 Å². The fourth-order valence-corrected chi connectivity index (χ4v) is 2.06. The third-order valence-electron chi connectivity index (χ3n) is 3.28. The highest BCUT2D eigenvalue weighted by Crippen LogP contribution is 2.11. The summed E-state index contributed by atoms with van der Waals surface area (Å²) in [6.45, 7) is 0. The summed E-state index contributed by atoms with van der Waals surface area (Å²) in [5, 5.41) is 2.66. The minimum Gasteiger partial charge on any atom is -0.497 e. The van der Waals surface area contributed by atoms with Crippen molar-refractivity contribution in [2.24, 2.45) is 5.73 Å². The molecule has 0 aromatic heterocycles. The van der Waals surface area contributed by atoms with Crippen molar-refractivity contribution in [3.8, 4) is 5.75 Å². The van der Waals surface area contributed by atoms with Crippen molar-refractivity contribution in [1.82, 2.24) is 5.32 Å². The van der Waals surface area contributed by atoms with Gasteiger partial charge in [-0.15, -0.1) is 0 Å². The van der Waals surface area contributed by atoms with Crippen LogP contribution in [0, 0.1) is 0 Å². The Balaban J connectivity index is 2.06. The number of rotatable bonds is 6. The van der Waals surface area contributed by atoms with Gasteiger partial charge in [0.25, 0.3) is 5.91 Å². The Hall–Kier alpha value is -2.82. The summed E-state index contributed by atoms with van der Waals surface area (Å²) in [6, 6.07) is 15.3. The van der Waals surface area contributed by atoms with Crippen molar-refractivity contribution in [1.29, 1.82) is 0 Å². The molecular formula is C17H18N2O3. The van der Waals surface area contributed by atoms with E-state index in [1.807, 2.05) is 30.3 Å². The molecule has 0 fully saturated rings. The molecule has 0 aliphatic rings. The Morgan fingerprint density at radius 3 is 2.27 bits per heavy atom. The van der Waals surface area contributed by atoms with E-state index in [1.165, 1.54) is 0 Å². The molecule has 22 heavy (non-hydrogen) atoms. The van der Waals surface area contributed by atoms with Gasteiger partial charge in [0, 0.05) is 12.0 Å². The molecule has 2 amide bonds. The molecule has 0 saturated heterocycles. The Morgan fingerprint density at radius 1 is 1.09 bits per heavy atom. The summed E-state index contributed by atoms with van der Waals surface area (Å²) in [4.78, 5) is 23.7. The monoisotopic (exact) mass is 298 g/mol. The smallest absolute Gasteiger partial charge is 0.251 e. The molecule has 0 unspecified atom stereocenters. The summed E-state index contributed by atoms with van der Waals surface area (Å²) < 4.78 is 5.04. The second-order valence-corrected chi connectivity index (χ2v) is 4.85. The van der Waals surface area contributed by atoms with Gasteiger partial charge in [-0.1, -0.05) is 30.3 Å². The molecule has 0 bridgehead atoms. The van der Waals surface area contributed by atoms with Gasteiger partial charge in [0.05, 0.1) is 7.11 Å². The number of primary amides is 1. The first-order valence-corrected chi connectivity index (χ1v) is 6.88. The van der Waals surface area contributed by atoms with E-state index in [0.717, 1.165) is 5.56 Å². The number of hydrogen-bond donors (Lipinski definition) is 2. The second kappa shape index (κ2) is 7.26. The van der Waals surface area contributed by atoms with E-state index in [0.29, 0.717) is 17.7 Å². The Kier molecular flexibility index (Phi) is 5.14. The molecule has 1 atom stereocenters. The largest absolute Gasteiger partial charge is 0.497 e. The van der Waals surface area contributed by atoms with Gasteiger partial charge in [-0.2, -0.15) is 0 Å². The van der Waals surface area contributed by atoms with Crippen molar-refractivity contribution >= 4 is 11.8 Å². The van der Waals surface area contributed by atoms with Crippen molar-refractivity contribution in [3.63, 3.8) is 0 Å². The van der Waals surface area contributed by atoms with Crippen molar-refractivity contribution < 1.29 is 14.3 Å². The van der Waals surface area contributed by atoms with Crippen molar-refractivity contribution in [3.05, 3.63) is 65.7 Å². The molecule has 0 spiro atoms. The maximum atomic E-state index is 12.2. The summed E-state index contributed by atoms with van der Waals surface area (Å²) in [6.07, 6.45) is 0.359. The van der Waals surface area contributed by atoms with Gasteiger partial charge < -0.3 is 15.8 Å². The number of nitrogens with two attached hydrogens (primary N) is 1. The van der Waals surface area contributed by atoms with E-state index in [2.05, 4.69) is 5.32 Å². The van der Waals surface area contributed by atoms with Crippen LogP contribution in [0.25, 0.3) is 0 Å². The third kappa shape index (κ3) is 4.09. The maximum absolute atomic E-state index is 12.2. The fourth-order valence-electron chi connectivity index (χ4n) is 2.06. The SMILES string of the molecule is COc1ccc(C(=O)N[C@@H](Cc2ccccc2)C(N)=O)cc1. The number of methoxy groups -OCH3 is 1. The first-order valence-electron chi connectivity index (χ1n) is 6.88. The minimum atomic E-state index is -0.753. The lowest BCUT2D eigenvalue weighted by Gasteiger charge is -2.15. The van der Waals surface area contributed by atoms with Gasteiger partial charge >= 0.3 is 0 Å². The average molecular weight is 298 g/mol. The topological polar surface area (TPSA) is 81.4 Å². The van der Waals surface area contributed by atoms with Crippen LogP contribution in [-0.2, 0) is 11.2 Å². The fraction of sp³-hybridized carbons (Fsp3) is 0.176. The Labute approximate surface area is 129 Å². The molecule has 0 aliphatic heterocycles. The number of carbonyl (C=O) groups is 2. The van der Waals surface area contributed by atoms with Gasteiger partial charge in [-0.3, -0.25) is 9.59 Å². The molecule has 0 saturated carbocycles. The summed E-state index contributed by atoms with van der Waals surface area (Å²) >= 11 is 0. The van der Waals surface area contributed by atoms with E-state index in [-0.39, 0.29) is 5.91 Å². The molecule has 0 radical (unpaired) electrons. The number of ether oxygens (including phenoxy) is 1. The summed E-state index contributed by atoms with van der Waals surface area (Å²) in [5.41, 5.74) is 6.76. The van der Waals surface area contributed by atoms with Crippen molar-refractivity contribution in [2.45, 2.75) is 12.5 Å².